The van der Waals surface area contributed by atoms with Crippen LogP contribution in [0.1, 0.15) is 18.1 Å². The molecule has 1 atom stereocenters. The summed E-state index contributed by atoms with van der Waals surface area (Å²) in [6, 6.07) is 7.59. The lowest BCUT2D eigenvalue weighted by Crippen LogP contribution is -2.11. The maximum Gasteiger partial charge on any atom is 0.307 e. The first-order valence-corrected chi connectivity index (χ1v) is 4.95. The quantitative estimate of drug-likeness (QED) is 0.803. The molecule has 0 bridgehead atoms. The highest BCUT2D eigenvalue weighted by molar-refractivity contribution is 5.70. The van der Waals surface area contributed by atoms with Crippen LogP contribution < -0.4 is 0 Å². The number of hydrogen-bond acceptors (Lipinski definition) is 2. The maximum absolute atomic E-state index is 10.6. The number of aliphatic carboxylic acids is 1. The Bertz CT molecular complexity index is 333. The van der Waals surface area contributed by atoms with Crippen LogP contribution in [0, 0.1) is 0 Å². The van der Waals surface area contributed by atoms with Crippen molar-refractivity contribution in [1.29, 1.82) is 0 Å². The van der Waals surface area contributed by atoms with Gasteiger partial charge in [0.1, 0.15) is 0 Å². The van der Waals surface area contributed by atoms with E-state index in [-0.39, 0.29) is 12.5 Å². The molecule has 0 heterocycles. The fraction of sp³-hybridized carbons (Fsp3) is 0.417. The lowest BCUT2D eigenvalue weighted by atomic mass is 10.00. The van der Waals surface area contributed by atoms with E-state index < -0.39 is 5.97 Å². The smallest absolute Gasteiger partial charge is 0.307 e. The molecule has 3 heteroatoms. The van der Waals surface area contributed by atoms with Gasteiger partial charge in [-0.1, -0.05) is 24.3 Å². The van der Waals surface area contributed by atoms with E-state index in [1.807, 2.05) is 31.2 Å². The largest absolute Gasteiger partial charge is 0.481 e. The molecule has 0 amide bonds. The van der Waals surface area contributed by atoms with Crippen LogP contribution in [0.15, 0.2) is 24.3 Å². The molecular weight excluding hydrogens is 192 g/mol. The van der Waals surface area contributed by atoms with Gasteiger partial charge in [0.25, 0.3) is 0 Å². The second-order valence-electron chi connectivity index (χ2n) is 3.59. The molecule has 0 aromatic heterocycles. The SMILES string of the molecule is COC(C)Cc1ccccc1CC(=O)O. The summed E-state index contributed by atoms with van der Waals surface area (Å²) in [7, 11) is 1.66. The Hall–Kier alpha value is -1.35. The monoisotopic (exact) mass is 208 g/mol. The molecule has 1 rings (SSSR count). The molecule has 0 aliphatic heterocycles. The summed E-state index contributed by atoms with van der Waals surface area (Å²) in [4.78, 5) is 10.6. The van der Waals surface area contributed by atoms with Crippen molar-refractivity contribution in [2.24, 2.45) is 0 Å². The van der Waals surface area contributed by atoms with Gasteiger partial charge in [-0.15, -0.1) is 0 Å². The molecule has 3 nitrogen and oxygen atoms in total. The second kappa shape index (κ2) is 5.51. The van der Waals surface area contributed by atoms with Crippen molar-refractivity contribution in [3.63, 3.8) is 0 Å². The summed E-state index contributed by atoms with van der Waals surface area (Å²) in [5.74, 6) is -0.799. The van der Waals surface area contributed by atoms with Crippen molar-refractivity contribution in [3.05, 3.63) is 35.4 Å². The van der Waals surface area contributed by atoms with E-state index in [1.165, 1.54) is 0 Å². The summed E-state index contributed by atoms with van der Waals surface area (Å²) in [6.45, 7) is 1.97. The van der Waals surface area contributed by atoms with Crippen LogP contribution in [0.3, 0.4) is 0 Å². The van der Waals surface area contributed by atoms with E-state index in [0.29, 0.717) is 0 Å². The van der Waals surface area contributed by atoms with Crippen LogP contribution >= 0.6 is 0 Å². The molecule has 0 aliphatic rings. The third kappa shape index (κ3) is 3.72. The average Bonchev–Trinajstić information content (AvgIpc) is 2.20. The molecule has 0 fully saturated rings. The molecule has 0 radical (unpaired) electrons. The molecule has 0 saturated carbocycles. The minimum absolute atomic E-state index is 0.0760. The molecule has 15 heavy (non-hydrogen) atoms. The predicted octanol–water partition coefficient (Wildman–Crippen LogP) is 1.89. The first kappa shape index (κ1) is 11.7. The van der Waals surface area contributed by atoms with Crippen LogP contribution in [0.2, 0.25) is 0 Å². The van der Waals surface area contributed by atoms with Crippen LogP contribution in [0.4, 0.5) is 0 Å². The van der Waals surface area contributed by atoms with Crippen LogP contribution in [0.25, 0.3) is 0 Å². The zero-order valence-corrected chi connectivity index (χ0v) is 9.06. The fourth-order valence-corrected chi connectivity index (χ4v) is 1.49. The van der Waals surface area contributed by atoms with Crippen molar-refractivity contribution >= 4 is 5.97 Å². The average molecular weight is 208 g/mol. The second-order valence-corrected chi connectivity index (χ2v) is 3.59. The molecule has 0 saturated heterocycles. The Morgan fingerprint density at radius 1 is 1.40 bits per heavy atom. The molecular formula is C12H16O3. The fourth-order valence-electron chi connectivity index (χ4n) is 1.49. The van der Waals surface area contributed by atoms with Gasteiger partial charge in [-0.2, -0.15) is 0 Å². The van der Waals surface area contributed by atoms with Crippen molar-refractivity contribution in [2.75, 3.05) is 7.11 Å². The van der Waals surface area contributed by atoms with Gasteiger partial charge in [0, 0.05) is 7.11 Å². The zero-order chi connectivity index (χ0) is 11.3. The van der Waals surface area contributed by atoms with Crippen molar-refractivity contribution in [3.8, 4) is 0 Å². The Morgan fingerprint density at radius 3 is 2.53 bits per heavy atom. The summed E-state index contributed by atoms with van der Waals surface area (Å²) < 4.78 is 5.17. The Kier molecular flexibility index (Phi) is 4.31. The van der Waals surface area contributed by atoms with Gasteiger partial charge >= 0.3 is 5.97 Å². The third-order valence-electron chi connectivity index (χ3n) is 2.37. The first-order chi connectivity index (χ1) is 7.13. The molecule has 1 aromatic rings. The van der Waals surface area contributed by atoms with Gasteiger partial charge in [0.05, 0.1) is 12.5 Å². The van der Waals surface area contributed by atoms with Gasteiger partial charge in [-0.3, -0.25) is 4.79 Å². The number of methoxy groups -OCH3 is 1. The van der Waals surface area contributed by atoms with E-state index in [1.54, 1.807) is 7.11 Å². The highest BCUT2D eigenvalue weighted by atomic mass is 16.5. The minimum atomic E-state index is -0.799. The summed E-state index contributed by atoms with van der Waals surface area (Å²) in [5.41, 5.74) is 1.92. The predicted molar refractivity (Wildman–Crippen MR) is 58.0 cm³/mol. The number of benzene rings is 1. The van der Waals surface area contributed by atoms with E-state index in [4.69, 9.17) is 9.84 Å². The first-order valence-electron chi connectivity index (χ1n) is 4.95. The molecule has 1 N–H and O–H groups in total. The number of ether oxygens (including phenoxy) is 1. The molecule has 82 valence electrons. The van der Waals surface area contributed by atoms with Crippen LogP contribution in [-0.4, -0.2) is 24.3 Å². The lowest BCUT2D eigenvalue weighted by molar-refractivity contribution is -0.136. The van der Waals surface area contributed by atoms with Crippen molar-refractivity contribution in [2.45, 2.75) is 25.9 Å². The lowest BCUT2D eigenvalue weighted by Gasteiger charge is -2.12. The van der Waals surface area contributed by atoms with E-state index in [9.17, 15) is 4.79 Å². The topological polar surface area (TPSA) is 46.5 Å². The van der Waals surface area contributed by atoms with Gasteiger partial charge in [-0.25, -0.2) is 0 Å². The van der Waals surface area contributed by atoms with E-state index in [0.717, 1.165) is 17.5 Å². The summed E-state index contributed by atoms with van der Waals surface area (Å²) >= 11 is 0. The number of rotatable bonds is 5. The molecule has 0 aliphatic carbocycles. The molecule has 0 spiro atoms. The Labute approximate surface area is 89.7 Å². The number of carboxylic acid groups (broad SMARTS) is 1. The zero-order valence-electron chi connectivity index (χ0n) is 9.06. The number of hydrogen-bond donors (Lipinski definition) is 1. The number of carbonyl (C=O) groups is 1. The van der Waals surface area contributed by atoms with Gasteiger partial charge in [0.2, 0.25) is 0 Å². The highest BCUT2D eigenvalue weighted by Crippen LogP contribution is 2.13. The third-order valence-corrected chi connectivity index (χ3v) is 2.37. The van der Waals surface area contributed by atoms with E-state index >= 15 is 0 Å². The van der Waals surface area contributed by atoms with Crippen molar-refractivity contribution in [1.82, 2.24) is 0 Å². The van der Waals surface area contributed by atoms with Gasteiger partial charge < -0.3 is 9.84 Å². The maximum atomic E-state index is 10.6. The molecule has 1 unspecified atom stereocenters. The number of carboxylic acids is 1. The van der Waals surface area contributed by atoms with Crippen molar-refractivity contribution < 1.29 is 14.6 Å². The Morgan fingerprint density at radius 2 is 2.00 bits per heavy atom. The minimum Gasteiger partial charge on any atom is -0.481 e. The summed E-state index contributed by atoms with van der Waals surface area (Å²) in [6.07, 6.45) is 0.937. The Balaban J connectivity index is 2.81. The standard InChI is InChI=1S/C12H16O3/c1-9(15-2)7-10-5-3-4-6-11(10)8-12(13)14/h3-6,9H,7-8H2,1-2H3,(H,13,14). The van der Waals surface area contributed by atoms with Crippen LogP contribution in [-0.2, 0) is 22.4 Å². The highest BCUT2D eigenvalue weighted by Gasteiger charge is 2.08. The normalized spacial score (nSPS) is 12.4. The van der Waals surface area contributed by atoms with Gasteiger partial charge in [0.15, 0.2) is 0 Å². The van der Waals surface area contributed by atoms with Gasteiger partial charge in [-0.05, 0) is 24.5 Å². The molecule has 1 aromatic carbocycles. The summed E-state index contributed by atoms with van der Waals surface area (Å²) in [5, 5.41) is 8.75. The van der Waals surface area contributed by atoms with Crippen LogP contribution in [0.5, 0.6) is 0 Å². The van der Waals surface area contributed by atoms with E-state index in [2.05, 4.69) is 0 Å².